The largest absolute Gasteiger partial charge is 0.481 e. The van der Waals surface area contributed by atoms with Crippen molar-refractivity contribution >= 4 is 11.9 Å². The zero-order valence-electron chi connectivity index (χ0n) is 14.3. The third-order valence-corrected chi connectivity index (χ3v) is 3.50. The number of carbonyl (C=O) groups excluding carboxylic acids is 1. The molecule has 0 radical (unpaired) electrons. The Morgan fingerprint density at radius 1 is 1.23 bits per heavy atom. The Morgan fingerprint density at radius 2 is 1.86 bits per heavy atom. The minimum atomic E-state index is -0.749. The predicted molar refractivity (Wildman–Crippen MR) is 87.6 cm³/mol. The van der Waals surface area contributed by atoms with Crippen molar-refractivity contribution in [1.29, 1.82) is 0 Å². The summed E-state index contributed by atoms with van der Waals surface area (Å²) < 4.78 is 5.84. The fourth-order valence-corrected chi connectivity index (χ4v) is 2.27. The maximum absolute atomic E-state index is 11.4. The van der Waals surface area contributed by atoms with E-state index in [0.717, 1.165) is 0 Å². The van der Waals surface area contributed by atoms with Crippen molar-refractivity contribution < 1.29 is 19.4 Å². The van der Waals surface area contributed by atoms with Crippen LogP contribution in [0, 0.1) is 17.8 Å². The van der Waals surface area contributed by atoms with Gasteiger partial charge in [0.05, 0.1) is 12.0 Å². The molecule has 5 nitrogen and oxygen atoms in total. The molecule has 2 atom stereocenters. The molecule has 0 aliphatic heterocycles. The summed E-state index contributed by atoms with van der Waals surface area (Å²) in [5, 5.41) is 12.0. The van der Waals surface area contributed by atoms with Crippen LogP contribution in [0.5, 0.6) is 0 Å². The number of carbonyl (C=O) groups is 2. The van der Waals surface area contributed by atoms with Gasteiger partial charge in [0.1, 0.15) is 0 Å². The maximum Gasteiger partial charge on any atom is 0.306 e. The Bertz CT molecular complexity index is 353. The molecule has 0 bridgehead atoms. The molecular weight excluding hydrogens is 282 g/mol. The highest BCUT2D eigenvalue weighted by Crippen LogP contribution is 2.23. The summed E-state index contributed by atoms with van der Waals surface area (Å²) in [5.41, 5.74) is 0. The number of nitrogens with one attached hydrogen (secondary N) is 1. The monoisotopic (exact) mass is 313 g/mol. The summed E-state index contributed by atoms with van der Waals surface area (Å²) in [4.78, 5) is 22.4. The number of hydrogen-bond donors (Lipinski definition) is 2. The predicted octanol–water partition coefficient (Wildman–Crippen LogP) is 2.86. The van der Waals surface area contributed by atoms with Crippen molar-refractivity contribution in [3.63, 3.8) is 0 Å². The summed E-state index contributed by atoms with van der Waals surface area (Å²) in [7, 11) is 0. The molecule has 2 N–H and O–H groups in total. The van der Waals surface area contributed by atoms with E-state index in [-0.39, 0.29) is 23.8 Å². The van der Waals surface area contributed by atoms with E-state index < -0.39 is 5.97 Å². The Hall–Kier alpha value is -1.36. The van der Waals surface area contributed by atoms with Crippen LogP contribution in [0.25, 0.3) is 0 Å². The van der Waals surface area contributed by atoms with Gasteiger partial charge in [0, 0.05) is 13.2 Å². The molecular formula is C17H31NO4. The van der Waals surface area contributed by atoms with Crippen LogP contribution >= 0.6 is 0 Å². The van der Waals surface area contributed by atoms with Crippen LogP contribution in [-0.4, -0.2) is 36.2 Å². The second-order valence-electron chi connectivity index (χ2n) is 6.40. The molecule has 0 aromatic carbocycles. The fraction of sp³-hybridized carbons (Fsp3) is 0.765. The van der Waals surface area contributed by atoms with Gasteiger partial charge in [-0.3, -0.25) is 9.59 Å². The van der Waals surface area contributed by atoms with Gasteiger partial charge in [-0.15, -0.1) is 0 Å². The first kappa shape index (κ1) is 20.6. The lowest BCUT2D eigenvalue weighted by atomic mass is 9.88. The molecule has 0 heterocycles. The van der Waals surface area contributed by atoms with Gasteiger partial charge in [-0.05, 0) is 37.2 Å². The van der Waals surface area contributed by atoms with Gasteiger partial charge in [-0.2, -0.15) is 0 Å². The molecule has 0 saturated heterocycles. The quantitative estimate of drug-likeness (QED) is 0.429. The molecule has 0 aromatic heterocycles. The number of aliphatic carboxylic acids is 1. The summed E-state index contributed by atoms with van der Waals surface area (Å²) in [6, 6.07) is 0. The molecule has 0 spiro atoms. The molecule has 1 amide bonds. The van der Waals surface area contributed by atoms with Crippen molar-refractivity contribution in [2.24, 2.45) is 17.8 Å². The average Bonchev–Trinajstić information content (AvgIpc) is 2.43. The van der Waals surface area contributed by atoms with E-state index in [1.807, 2.05) is 27.7 Å². The molecule has 0 aliphatic carbocycles. The lowest BCUT2D eigenvalue weighted by molar-refractivity contribution is -0.144. The summed E-state index contributed by atoms with van der Waals surface area (Å²) >= 11 is 0. The highest BCUT2D eigenvalue weighted by atomic mass is 16.5. The molecule has 0 rings (SSSR count). The first-order valence-electron chi connectivity index (χ1n) is 8.02. The van der Waals surface area contributed by atoms with Crippen LogP contribution in [0.2, 0.25) is 0 Å². The molecule has 0 aromatic rings. The third kappa shape index (κ3) is 9.55. The summed E-state index contributed by atoms with van der Waals surface area (Å²) in [6.45, 7) is 12.6. The first-order valence-corrected chi connectivity index (χ1v) is 8.02. The van der Waals surface area contributed by atoms with Crippen molar-refractivity contribution in [3.05, 3.63) is 12.7 Å². The zero-order valence-corrected chi connectivity index (χ0v) is 14.3. The molecule has 22 heavy (non-hydrogen) atoms. The van der Waals surface area contributed by atoms with Gasteiger partial charge in [0.15, 0.2) is 0 Å². The Labute approximate surface area is 134 Å². The van der Waals surface area contributed by atoms with Gasteiger partial charge in [0.2, 0.25) is 5.91 Å². The van der Waals surface area contributed by atoms with E-state index in [1.165, 1.54) is 6.08 Å². The van der Waals surface area contributed by atoms with Gasteiger partial charge >= 0.3 is 5.97 Å². The molecule has 5 heteroatoms. The van der Waals surface area contributed by atoms with Crippen LogP contribution in [0.15, 0.2) is 12.7 Å². The topological polar surface area (TPSA) is 75.6 Å². The van der Waals surface area contributed by atoms with E-state index in [0.29, 0.717) is 38.3 Å². The number of carboxylic acid groups (broad SMARTS) is 1. The van der Waals surface area contributed by atoms with E-state index >= 15 is 0 Å². The van der Waals surface area contributed by atoms with Gasteiger partial charge in [0.25, 0.3) is 0 Å². The van der Waals surface area contributed by atoms with Crippen LogP contribution < -0.4 is 5.32 Å². The van der Waals surface area contributed by atoms with Crippen molar-refractivity contribution in [3.8, 4) is 0 Å². The number of amides is 1. The number of carboxylic acids is 1. The highest BCUT2D eigenvalue weighted by Gasteiger charge is 2.25. The lowest BCUT2D eigenvalue weighted by Gasteiger charge is -2.25. The Balaban J connectivity index is 4.26. The number of ether oxygens (including phenoxy) is 1. The second-order valence-corrected chi connectivity index (χ2v) is 6.40. The Kier molecular flexibility index (Phi) is 10.5. The van der Waals surface area contributed by atoms with E-state index in [9.17, 15) is 14.7 Å². The molecule has 0 saturated carbocycles. The van der Waals surface area contributed by atoms with Crippen molar-refractivity contribution in [2.45, 2.75) is 53.1 Å². The normalized spacial score (nSPS) is 13.9. The van der Waals surface area contributed by atoms with E-state index in [2.05, 4.69) is 11.9 Å². The van der Waals surface area contributed by atoms with Gasteiger partial charge < -0.3 is 15.2 Å². The van der Waals surface area contributed by atoms with E-state index in [1.54, 1.807) is 0 Å². The van der Waals surface area contributed by atoms with Crippen LogP contribution in [0.4, 0.5) is 0 Å². The molecule has 128 valence electrons. The van der Waals surface area contributed by atoms with Crippen molar-refractivity contribution in [2.75, 3.05) is 13.2 Å². The summed E-state index contributed by atoms with van der Waals surface area (Å²) in [6.07, 6.45) is 3.06. The smallest absolute Gasteiger partial charge is 0.306 e. The zero-order chi connectivity index (χ0) is 17.1. The van der Waals surface area contributed by atoms with E-state index in [4.69, 9.17) is 4.74 Å². The average molecular weight is 313 g/mol. The van der Waals surface area contributed by atoms with Gasteiger partial charge in [-0.1, -0.05) is 34.3 Å². The van der Waals surface area contributed by atoms with Crippen molar-refractivity contribution in [1.82, 2.24) is 5.32 Å². The third-order valence-electron chi connectivity index (χ3n) is 3.50. The molecule has 2 unspecified atom stereocenters. The standard InChI is InChI=1S/C17H31NO4/c1-6-16(19)18-8-7-9-22-15(13(4)5)11-14(17(20)21)10-12(2)3/h6,12-15H,1,7-11H2,2-5H3,(H,18,19)(H,20,21). The van der Waals surface area contributed by atoms with Gasteiger partial charge in [-0.25, -0.2) is 0 Å². The summed E-state index contributed by atoms with van der Waals surface area (Å²) in [5.74, 6) is -0.697. The molecule has 0 aliphatic rings. The lowest BCUT2D eigenvalue weighted by Crippen LogP contribution is -2.29. The minimum absolute atomic E-state index is 0.0741. The highest BCUT2D eigenvalue weighted by molar-refractivity contribution is 5.86. The Morgan fingerprint density at radius 3 is 2.32 bits per heavy atom. The number of hydrogen-bond acceptors (Lipinski definition) is 3. The number of rotatable bonds is 12. The van der Waals surface area contributed by atoms with Crippen LogP contribution in [0.3, 0.4) is 0 Å². The van der Waals surface area contributed by atoms with Crippen LogP contribution in [0.1, 0.15) is 47.0 Å². The molecule has 0 fully saturated rings. The minimum Gasteiger partial charge on any atom is -0.481 e. The SMILES string of the molecule is C=CC(=O)NCCCOC(CC(CC(C)C)C(=O)O)C(C)C. The van der Waals surface area contributed by atoms with Crippen LogP contribution in [-0.2, 0) is 14.3 Å². The maximum atomic E-state index is 11.4. The second kappa shape index (κ2) is 11.2. The first-order chi connectivity index (χ1) is 10.3. The fourth-order valence-electron chi connectivity index (χ4n) is 2.27.